The number of benzene rings is 1. The molecule has 128 valence electrons. The van der Waals surface area contributed by atoms with Crippen molar-refractivity contribution in [1.82, 2.24) is 10.2 Å². The van der Waals surface area contributed by atoms with Gasteiger partial charge in [-0.1, -0.05) is 19.1 Å². The van der Waals surface area contributed by atoms with Gasteiger partial charge < -0.3 is 15.2 Å². The van der Waals surface area contributed by atoms with E-state index in [4.69, 9.17) is 0 Å². The topological polar surface area (TPSA) is 61.8 Å². The molecule has 1 amide bonds. The molecule has 2 unspecified atom stereocenters. The number of hydrogen-bond acceptors (Lipinski definition) is 4. The average Bonchev–Trinajstić information content (AvgIpc) is 2.50. The van der Waals surface area contributed by atoms with Crippen molar-refractivity contribution < 1.29 is 23.4 Å². The van der Waals surface area contributed by atoms with Crippen molar-refractivity contribution in [1.29, 1.82) is 0 Å². The monoisotopic (exact) mass is 328 g/mol. The Labute approximate surface area is 134 Å². The molecular formula is C16H22F2N2O3. The van der Waals surface area contributed by atoms with E-state index >= 15 is 0 Å². The van der Waals surface area contributed by atoms with E-state index in [0.29, 0.717) is 13.1 Å². The zero-order valence-corrected chi connectivity index (χ0v) is 13.0. The third kappa shape index (κ3) is 5.76. The van der Waals surface area contributed by atoms with E-state index in [-0.39, 0.29) is 30.2 Å². The molecule has 0 saturated carbocycles. The third-order valence-corrected chi connectivity index (χ3v) is 4.01. The van der Waals surface area contributed by atoms with Crippen LogP contribution < -0.4 is 10.1 Å². The molecule has 2 atom stereocenters. The highest BCUT2D eigenvalue weighted by atomic mass is 19.3. The summed E-state index contributed by atoms with van der Waals surface area (Å²) in [5, 5.41) is 12.6. The number of aliphatic hydroxyl groups excluding tert-OH is 1. The molecule has 1 aromatic rings. The smallest absolute Gasteiger partial charge is 0.387 e. The van der Waals surface area contributed by atoms with Crippen LogP contribution >= 0.6 is 0 Å². The fourth-order valence-electron chi connectivity index (χ4n) is 2.51. The molecule has 1 saturated heterocycles. The molecule has 1 aliphatic heterocycles. The zero-order chi connectivity index (χ0) is 16.8. The Morgan fingerprint density at radius 1 is 1.43 bits per heavy atom. The fourth-order valence-corrected chi connectivity index (χ4v) is 2.51. The Kier molecular flexibility index (Phi) is 6.29. The van der Waals surface area contributed by atoms with Crippen molar-refractivity contribution in [2.45, 2.75) is 32.6 Å². The summed E-state index contributed by atoms with van der Waals surface area (Å²) < 4.78 is 28.4. The lowest BCUT2D eigenvalue weighted by atomic mass is 9.96. The molecule has 0 spiro atoms. The van der Waals surface area contributed by atoms with Crippen molar-refractivity contribution in [2.24, 2.45) is 5.92 Å². The van der Waals surface area contributed by atoms with Gasteiger partial charge in [0.1, 0.15) is 5.75 Å². The summed E-state index contributed by atoms with van der Waals surface area (Å²) in [7, 11) is 0. The van der Waals surface area contributed by atoms with Crippen LogP contribution in [0.15, 0.2) is 24.3 Å². The predicted octanol–water partition coefficient (Wildman–Crippen LogP) is 1.61. The molecular weight excluding hydrogens is 306 g/mol. The first-order chi connectivity index (χ1) is 10.9. The van der Waals surface area contributed by atoms with Gasteiger partial charge in [-0.2, -0.15) is 8.78 Å². The van der Waals surface area contributed by atoms with Gasteiger partial charge in [0.15, 0.2) is 0 Å². The number of aliphatic hydroxyl groups is 1. The van der Waals surface area contributed by atoms with E-state index in [0.717, 1.165) is 18.5 Å². The number of alkyl halides is 2. The van der Waals surface area contributed by atoms with Gasteiger partial charge in [-0.05, 0) is 36.6 Å². The molecule has 1 aromatic carbocycles. The molecule has 1 heterocycles. The minimum Gasteiger partial charge on any atom is -0.435 e. The number of β-amino-alcohol motifs (C(OH)–C–C–N with tert-alkyl or cyclic N) is 1. The fraction of sp³-hybridized carbons (Fsp3) is 0.562. The molecule has 7 heteroatoms. The number of halogens is 2. The molecule has 0 aromatic heterocycles. The summed E-state index contributed by atoms with van der Waals surface area (Å²) in [6.07, 6.45) is 0.485. The zero-order valence-electron chi connectivity index (χ0n) is 13.0. The van der Waals surface area contributed by atoms with Crippen LogP contribution in [-0.4, -0.2) is 48.3 Å². The Morgan fingerprint density at radius 3 is 2.74 bits per heavy atom. The van der Waals surface area contributed by atoms with Crippen LogP contribution in [0.2, 0.25) is 0 Å². The van der Waals surface area contributed by atoms with Gasteiger partial charge in [0.05, 0.1) is 12.6 Å². The summed E-state index contributed by atoms with van der Waals surface area (Å²) in [6, 6.07) is 6.14. The minimum absolute atomic E-state index is 0.0894. The highest BCUT2D eigenvalue weighted by Crippen LogP contribution is 2.17. The van der Waals surface area contributed by atoms with Gasteiger partial charge in [-0.3, -0.25) is 9.69 Å². The van der Waals surface area contributed by atoms with E-state index in [1.807, 2.05) is 11.8 Å². The number of ether oxygens (including phenoxy) is 1. The number of amides is 1. The van der Waals surface area contributed by atoms with Crippen LogP contribution in [0.3, 0.4) is 0 Å². The number of rotatable bonds is 6. The van der Waals surface area contributed by atoms with E-state index in [9.17, 15) is 18.7 Å². The first kappa shape index (κ1) is 17.6. The van der Waals surface area contributed by atoms with Crippen LogP contribution in [0.5, 0.6) is 5.75 Å². The standard InChI is InChI=1S/C16H22F2N2O3/c1-11-6-7-20(9-14(11)21)10-15(22)19-8-12-2-4-13(5-3-12)23-16(17)18/h2-5,11,14,16,21H,6-10H2,1H3,(H,19,22). The Hall–Kier alpha value is -1.73. The van der Waals surface area contributed by atoms with Crippen molar-refractivity contribution >= 4 is 5.91 Å². The largest absolute Gasteiger partial charge is 0.435 e. The van der Waals surface area contributed by atoms with Gasteiger partial charge in [0.25, 0.3) is 0 Å². The quantitative estimate of drug-likeness (QED) is 0.833. The number of hydrogen-bond donors (Lipinski definition) is 2. The second kappa shape index (κ2) is 8.21. The van der Waals surface area contributed by atoms with Gasteiger partial charge in [-0.15, -0.1) is 0 Å². The Bertz CT molecular complexity index is 511. The van der Waals surface area contributed by atoms with E-state index in [2.05, 4.69) is 10.1 Å². The summed E-state index contributed by atoms with van der Waals surface area (Å²) in [4.78, 5) is 13.9. The summed E-state index contributed by atoms with van der Waals surface area (Å²) >= 11 is 0. The molecule has 0 bridgehead atoms. The molecule has 1 fully saturated rings. The molecule has 2 rings (SSSR count). The number of likely N-dealkylation sites (tertiary alicyclic amines) is 1. The van der Waals surface area contributed by atoms with Crippen LogP contribution in [0, 0.1) is 5.92 Å². The van der Waals surface area contributed by atoms with Gasteiger partial charge in [-0.25, -0.2) is 0 Å². The number of carbonyl (C=O) groups excluding carboxylic acids is 1. The summed E-state index contributed by atoms with van der Waals surface area (Å²) in [6.45, 7) is 1.03. The van der Waals surface area contributed by atoms with Crippen LogP contribution in [0.25, 0.3) is 0 Å². The Morgan fingerprint density at radius 2 is 2.13 bits per heavy atom. The summed E-state index contributed by atoms with van der Waals surface area (Å²) in [5.74, 6) is 0.231. The molecule has 2 N–H and O–H groups in total. The third-order valence-electron chi connectivity index (χ3n) is 4.01. The molecule has 23 heavy (non-hydrogen) atoms. The average molecular weight is 328 g/mol. The highest BCUT2D eigenvalue weighted by molar-refractivity contribution is 5.78. The predicted molar refractivity (Wildman–Crippen MR) is 81.1 cm³/mol. The van der Waals surface area contributed by atoms with Crippen molar-refractivity contribution in [3.63, 3.8) is 0 Å². The van der Waals surface area contributed by atoms with E-state index < -0.39 is 6.61 Å². The lowest BCUT2D eigenvalue weighted by Crippen LogP contribution is -2.46. The molecule has 0 aliphatic carbocycles. The van der Waals surface area contributed by atoms with E-state index in [1.165, 1.54) is 12.1 Å². The first-order valence-electron chi connectivity index (χ1n) is 7.65. The van der Waals surface area contributed by atoms with Crippen molar-refractivity contribution in [3.05, 3.63) is 29.8 Å². The van der Waals surface area contributed by atoms with Crippen molar-refractivity contribution in [2.75, 3.05) is 19.6 Å². The minimum atomic E-state index is -2.84. The van der Waals surface area contributed by atoms with Crippen LogP contribution in [0.1, 0.15) is 18.9 Å². The number of nitrogens with one attached hydrogen (secondary N) is 1. The van der Waals surface area contributed by atoms with Gasteiger partial charge in [0, 0.05) is 13.1 Å². The van der Waals surface area contributed by atoms with Crippen LogP contribution in [-0.2, 0) is 11.3 Å². The number of nitrogens with zero attached hydrogens (tertiary/aromatic N) is 1. The maximum Gasteiger partial charge on any atom is 0.387 e. The second-order valence-electron chi connectivity index (χ2n) is 5.87. The Balaban J connectivity index is 1.74. The maximum absolute atomic E-state index is 12.0. The molecule has 5 nitrogen and oxygen atoms in total. The molecule has 1 aliphatic rings. The van der Waals surface area contributed by atoms with Gasteiger partial charge in [0.2, 0.25) is 5.91 Å². The number of carbonyl (C=O) groups is 1. The van der Waals surface area contributed by atoms with E-state index in [1.54, 1.807) is 12.1 Å². The van der Waals surface area contributed by atoms with Crippen LogP contribution in [0.4, 0.5) is 8.78 Å². The van der Waals surface area contributed by atoms with Crippen molar-refractivity contribution in [3.8, 4) is 5.75 Å². The lowest BCUT2D eigenvalue weighted by molar-refractivity contribution is -0.123. The lowest BCUT2D eigenvalue weighted by Gasteiger charge is -2.33. The highest BCUT2D eigenvalue weighted by Gasteiger charge is 2.25. The second-order valence-corrected chi connectivity index (χ2v) is 5.87. The normalized spacial score (nSPS) is 22.1. The van der Waals surface area contributed by atoms with Gasteiger partial charge >= 0.3 is 6.61 Å². The maximum atomic E-state index is 12.0. The SMILES string of the molecule is CC1CCN(CC(=O)NCc2ccc(OC(F)F)cc2)CC1O. The summed E-state index contributed by atoms with van der Waals surface area (Å²) in [5.41, 5.74) is 0.798. The number of piperidine rings is 1. The first-order valence-corrected chi connectivity index (χ1v) is 7.65. The molecule has 0 radical (unpaired) electrons.